The molecular weight excluding hydrogens is 252 g/mol. The van der Waals surface area contributed by atoms with E-state index in [0.29, 0.717) is 5.92 Å². The molecule has 4 nitrogen and oxygen atoms in total. The molecule has 1 aromatic rings. The quantitative estimate of drug-likeness (QED) is 0.830. The van der Waals surface area contributed by atoms with Crippen molar-refractivity contribution in [1.29, 1.82) is 0 Å². The highest BCUT2D eigenvalue weighted by molar-refractivity contribution is 5.76. The van der Waals surface area contributed by atoms with E-state index in [1.54, 1.807) is 0 Å². The van der Waals surface area contributed by atoms with Gasteiger partial charge in [0, 0.05) is 23.7 Å². The first-order valence-corrected chi connectivity index (χ1v) is 7.09. The van der Waals surface area contributed by atoms with E-state index in [0.717, 1.165) is 13.0 Å². The van der Waals surface area contributed by atoms with Gasteiger partial charge >= 0.3 is 5.97 Å². The van der Waals surface area contributed by atoms with Gasteiger partial charge in [0.05, 0.1) is 7.11 Å². The first-order chi connectivity index (χ1) is 9.40. The highest BCUT2D eigenvalue weighted by Crippen LogP contribution is 2.34. The van der Waals surface area contributed by atoms with Gasteiger partial charge in [-0.25, -0.2) is 0 Å². The van der Waals surface area contributed by atoms with Crippen LogP contribution < -0.4 is 10.6 Å². The first-order valence-electron chi connectivity index (χ1n) is 7.09. The third kappa shape index (κ3) is 3.51. The average Bonchev–Trinajstić information content (AvgIpc) is 2.79. The van der Waals surface area contributed by atoms with E-state index in [9.17, 15) is 4.79 Å². The fourth-order valence-electron chi connectivity index (χ4n) is 2.73. The molecule has 0 aromatic heterocycles. The summed E-state index contributed by atoms with van der Waals surface area (Å²) in [6, 6.07) is 8.01. The summed E-state index contributed by atoms with van der Waals surface area (Å²) in [5.74, 6) is 0.148. The second-order valence-electron chi connectivity index (χ2n) is 6.37. The van der Waals surface area contributed by atoms with Crippen LogP contribution in [0.4, 0.5) is 5.69 Å². The predicted octanol–water partition coefficient (Wildman–Crippen LogP) is 2.52. The number of benzene rings is 1. The standard InChI is InChI=1S/C16H24N2O2/c1-16(2,3)18-14(15(19)20-4)9-11-10-17-13-8-6-5-7-12(11)13/h5-8,11,14,17-18H,9-10H2,1-4H3/t11?,14-/m0/s1. The molecule has 0 aliphatic carbocycles. The molecule has 1 aliphatic rings. The molecule has 0 bridgehead atoms. The van der Waals surface area contributed by atoms with Crippen LogP contribution in [0.5, 0.6) is 0 Å². The van der Waals surface area contributed by atoms with Gasteiger partial charge in [-0.1, -0.05) is 18.2 Å². The van der Waals surface area contributed by atoms with Gasteiger partial charge < -0.3 is 10.1 Å². The van der Waals surface area contributed by atoms with Crippen LogP contribution in [0, 0.1) is 0 Å². The summed E-state index contributed by atoms with van der Waals surface area (Å²) in [7, 11) is 1.44. The highest BCUT2D eigenvalue weighted by Gasteiger charge is 2.31. The minimum absolute atomic E-state index is 0.121. The van der Waals surface area contributed by atoms with Crippen LogP contribution in [-0.2, 0) is 9.53 Å². The number of hydrogen-bond acceptors (Lipinski definition) is 4. The molecule has 0 spiro atoms. The van der Waals surface area contributed by atoms with Crippen molar-refractivity contribution in [1.82, 2.24) is 5.32 Å². The number of fused-ring (bicyclic) bond motifs is 1. The van der Waals surface area contributed by atoms with Gasteiger partial charge in [0.2, 0.25) is 0 Å². The minimum atomic E-state index is -0.280. The largest absolute Gasteiger partial charge is 0.468 e. The van der Waals surface area contributed by atoms with Crippen molar-refractivity contribution in [2.45, 2.75) is 44.7 Å². The molecule has 2 atom stereocenters. The maximum atomic E-state index is 12.0. The molecule has 4 heteroatoms. The van der Waals surface area contributed by atoms with E-state index in [1.807, 2.05) is 12.1 Å². The number of carbonyl (C=O) groups excluding carboxylic acids is 1. The van der Waals surface area contributed by atoms with Gasteiger partial charge in [0.15, 0.2) is 0 Å². The van der Waals surface area contributed by atoms with Crippen LogP contribution in [-0.4, -0.2) is 31.2 Å². The summed E-state index contributed by atoms with van der Waals surface area (Å²) in [6.45, 7) is 7.05. The Bertz CT molecular complexity index is 480. The van der Waals surface area contributed by atoms with Crippen LogP contribution >= 0.6 is 0 Å². The summed E-state index contributed by atoms with van der Waals surface area (Å²) in [4.78, 5) is 12.0. The van der Waals surface area contributed by atoms with Crippen LogP contribution in [0.15, 0.2) is 24.3 Å². The van der Waals surface area contributed by atoms with Crippen LogP contribution in [0.1, 0.15) is 38.7 Å². The van der Waals surface area contributed by atoms with E-state index >= 15 is 0 Å². The zero-order valence-electron chi connectivity index (χ0n) is 12.7. The van der Waals surface area contributed by atoms with Gasteiger partial charge in [-0.2, -0.15) is 0 Å². The van der Waals surface area contributed by atoms with Gasteiger partial charge in [-0.15, -0.1) is 0 Å². The van der Waals surface area contributed by atoms with Gasteiger partial charge in [0.1, 0.15) is 6.04 Å². The molecule has 1 heterocycles. The molecule has 0 amide bonds. The van der Waals surface area contributed by atoms with E-state index in [1.165, 1.54) is 18.4 Å². The number of esters is 1. The lowest BCUT2D eigenvalue weighted by atomic mass is 9.92. The van der Waals surface area contributed by atoms with Crippen molar-refractivity contribution < 1.29 is 9.53 Å². The summed E-state index contributed by atoms with van der Waals surface area (Å²) in [6.07, 6.45) is 0.744. The Balaban J connectivity index is 2.11. The third-order valence-electron chi connectivity index (χ3n) is 3.55. The Morgan fingerprint density at radius 1 is 1.45 bits per heavy atom. The molecule has 1 unspecified atom stereocenters. The molecule has 110 valence electrons. The highest BCUT2D eigenvalue weighted by atomic mass is 16.5. The topological polar surface area (TPSA) is 50.4 Å². The van der Waals surface area contributed by atoms with Crippen molar-refractivity contribution >= 4 is 11.7 Å². The van der Waals surface area contributed by atoms with Crippen molar-refractivity contribution in [3.05, 3.63) is 29.8 Å². The number of nitrogens with one attached hydrogen (secondary N) is 2. The maximum absolute atomic E-state index is 12.0. The van der Waals surface area contributed by atoms with Crippen molar-refractivity contribution in [2.24, 2.45) is 0 Å². The van der Waals surface area contributed by atoms with Gasteiger partial charge in [-0.3, -0.25) is 10.1 Å². The van der Waals surface area contributed by atoms with Crippen molar-refractivity contribution in [3.63, 3.8) is 0 Å². The zero-order valence-corrected chi connectivity index (χ0v) is 12.7. The molecule has 1 aromatic carbocycles. The number of carbonyl (C=O) groups is 1. The number of ether oxygens (including phenoxy) is 1. The number of anilines is 1. The number of rotatable bonds is 4. The van der Waals surface area contributed by atoms with Crippen LogP contribution in [0.2, 0.25) is 0 Å². The monoisotopic (exact) mass is 276 g/mol. The van der Waals surface area contributed by atoms with Gasteiger partial charge in [0.25, 0.3) is 0 Å². The Morgan fingerprint density at radius 2 is 2.15 bits per heavy atom. The van der Waals surface area contributed by atoms with E-state index in [4.69, 9.17) is 4.74 Å². The Kier molecular flexibility index (Phi) is 4.33. The van der Waals surface area contributed by atoms with Crippen LogP contribution in [0.25, 0.3) is 0 Å². The maximum Gasteiger partial charge on any atom is 0.322 e. The molecule has 0 radical (unpaired) electrons. The Morgan fingerprint density at radius 3 is 2.80 bits per heavy atom. The molecule has 20 heavy (non-hydrogen) atoms. The number of hydrogen-bond donors (Lipinski definition) is 2. The molecule has 0 saturated heterocycles. The second kappa shape index (κ2) is 5.83. The summed E-state index contributed by atoms with van der Waals surface area (Å²) in [5, 5.41) is 6.76. The van der Waals surface area contributed by atoms with E-state index in [-0.39, 0.29) is 17.6 Å². The summed E-state index contributed by atoms with van der Waals surface area (Å²) in [5.41, 5.74) is 2.35. The normalized spacial score (nSPS) is 19.1. The lowest BCUT2D eigenvalue weighted by Crippen LogP contribution is -2.48. The number of para-hydroxylation sites is 1. The zero-order chi connectivity index (χ0) is 14.8. The molecule has 0 fully saturated rings. The lowest BCUT2D eigenvalue weighted by Gasteiger charge is -2.28. The molecule has 1 aliphatic heterocycles. The summed E-state index contributed by atoms with van der Waals surface area (Å²) >= 11 is 0. The van der Waals surface area contributed by atoms with Crippen molar-refractivity contribution in [3.8, 4) is 0 Å². The van der Waals surface area contributed by atoms with Gasteiger partial charge in [-0.05, 0) is 38.8 Å². The van der Waals surface area contributed by atoms with E-state index in [2.05, 4.69) is 43.5 Å². The molecular formula is C16H24N2O2. The van der Waals surface area contributed by atoms with Crippen molar-refractivity contribution in [2.75, 3.05) is 19.0 Å². The van der Waals surface area contributed by atoms with Crippen LogP contribution in [0.3, 0.4) is 0 Å². The Hall–Kier alpha value is -1.55. The summed E-state index contributed by atoms with van der Waals surface area (Å²) < 4.78 is 4.93. The fraction of sp³-hybridized carbons (Fsp3) is 0.562. The third-order valence-corrected chi connectivity index (χ3v) is 3.55. The lowest BCUT2D eigenvalue weighted by molar-refractivity contribution is -0.144. The molecule has 2 rings (SSSR count). The Labute approximate surface area is 120 Å². The minimum Gasteiger partial charge on any atom is -0.468 e. The smallest absolute Gasteiger partial charge is 0.322 e. The average molecular weight is 276 g/mol. The molecule has 2 N–H and O–H groups in total. The SMILES string of the molecule is COC(=O)[C@H](CC1CNc2ccccc21)NC(C)(C)C. The number of methoxy groups -OCH3 is 1. The predicted molar refractivity (Wildman–Crippen MR) is 81.0 cm³/mol. The first kappa shape index (κ1) is 14.9. The molecule has 0 saturated carbocycles. The van der Waals surface area contributed by atoms with E-state index < -0.39 is 0 Å². The fourth-order valence-corrected chi connectivity index (χ4v) is 2.73. The second-order valence-corrected chi connectivity index (χ2v) is 6.37.